The van der Waals surface area contributed by atoms with Crippen LogP contribution in [0.2, 0.25) is 0 Å². The fourth-order valence-electron chi connectivity index (χ4n) is 1.99. The molecule has 1 atom stereocenters. The Morgan fingerprint density at radius 3 is 2.43 bits per heavy atom. The summed E-state index contributed by atoms with van der Waals surface area (Å²) in [6.45, 7) is 2.43. The van der Waals surface area contributed by atoms with Gasteiger partial charge in [-0.25, -0.2) is 0 Å². The van der Waals surface area contributed by atoms with Crippen molar-refractivity contribution in [2.24, 2.45) is 0 Å². The Labute approximate surface area is 139 Å². The highest BCUT2D eigenvalue weighted by atomic mass is 32.1. The van der Waals surface area contributed by atoms with E-state index in [1.165, 1.54) is 11.3 Å². The molecule has 0 aliphatic carbocycles. The van der Waals surface area contributed by atoms with Crippen molar-refractivity contribution < 1.29 is 14.7 Å². The number of aliphatic hydroxyl groups is 1. The fraction of sp³-hybridized carbons (Fsp3) is 0.294. The van der Waals surface area contributed by atoms with E-state index in [9.17, 15) is 14.7 Å². The van der Waals surface area contributed by atoms with Gasteiger partial charge in [0.1, 0.15) is 0 Å². The highest BCUT2D eigenvalue weighted by Crippen LogP contribution is 2.22. The number of amides is 2. The molecule has 0 saturated heterocycles. The lowest BCUT2D eigenvalue weighted by molar-refractivity contribution is -0.139. The molecule has 0 aliphatic heterocycles. The van der Waals surface area contributed by atoms with Crippen LogP contribution in [0.5, 0.6) is 0 Å². The Balaban J connectivity index is 1.70. The topological polar surface area (TPSA) is 78.4 Å². The lowest BCUT2D eigenvalue weighted by Crippen LogP contribution is -2.40. The fourth-order valence-corrected chi connectivity index (χ4v) is 2.94. The molecular formula is C17H20N2O3S. The van der Waals surface area contributed by atoms with Crippen LogP contribution in [0, 0.1) is 0 Å². The smallest absolute Gasteiger partial charge is 0.309 e. The minimum absolute atomic E-state index is 0.329. The van der Waals surface area contributed by atoms with Gasteiger partial charge in [-0.3, -0.25) is 9.59 Å². The van der Waals surface area contributed by atoms with Gasteiger partial charge in [-0.05, 0) is 31.0 Å². The first kappa shape index (κ1) is 17.2. The molecule has 0 bridgehead atoms. The average Bonchev–Trinajstić information content (AvgIpc) is 3.02. The molecule has 5 nitrogen and oxygen atoms in total. The van der Waals surface area contributed by atoms with Crippen LogP contribution in [0.1, 0.15) is 28.3 Å². The Bertz CT molecular complexity index is 653. The summed E-state index contributed by atoms with van der Waals surface area (Å²) in [4.78, 5) is 25.4. The van der Waals surface area contributed by atoms with Crippen LogP contribution in [-0.4, -0.2) is 23.5 Å². The van der Waals surface area contributed by atoms with Gasteiger partial charge in [-0.1, -0.05) is 30.3 Å². The van der Waals surface area contributed by atoms with Gasteiger partial charge in [0.15, 0.2) is 0 Å². The largest absolute Gasteiger partial charge is 0.388 e. The van der Waals surface area contributed by atoms with E-state index >= 15 is 0 Å². The van der Waals surface area contributed by atoms with E-state index in [1.807, 2.05) is 42.5 Å². The van der Waals surface area contributed by atoms with Crippen molar-refractivity contribution in [3.05, 3.63) is 57.8 Å². The van der Waals surface area contributed by atoms with Gasteiger partial charge < -0.3 is 15.7 Å². The number of aliphatic hydroxyl groups excluding tert-OH is 1. The Morgan fingerprint density at radius 2 is 1.78 bits per heavy atom. The van der Waals surface area contributed by atoms with Gasteiger partial charge in [0.25, 0.3) is 0 Å². The molecule has 2 amide bonds. The second-order valence-electron chi connectivity index (χ2n) is 5.15. The minimum atomic E-state index is -0.635. The van der Waals surface area contributed by atoms with Gasteiger partial charge in [-0.2, -0.15) is 0 Å². The van der Waals surface area contributed by atoms with Crippen molar-refractivity contribution in [1.29, 1.82) is 0 Å². The maximum Gasteiger partial charge on any atom is 0.309 e. The summed E-state index contributed by atoms with van der Waals surface area (Å²) < 4.78 is 0. The molecule has 1 heterocycles. The number of rotatable bonds is 6. The van der Waals surface area contributed by atoms with Gasteiger partial charge in [0, 0.05) is 22.8 Å². The Morgan fingerprint density at radius 1 is 1.09 bits per heavy atom. The highest BCUT2D eigenvalue weighted by Gasteiger charge is 2.12. The molecule has 6 heteroatoms. The van der Waals surface area contributed by atoms with Crippen molar-refractivity contribution in [3.8, 4) is 0 Å². The molecular weight excluding hydrogens is 312 g/mol. The summed E-state index contributed by atoms with van der Waals surface area (Å²) in [5.74, 6) is -1.27. The molecule has 3 N–H and O–H groups in total. The molecule has 2 aromatic rings. The molecule has 1 aromatic heterocycles. The molecule has 2 rings (SSSR count). The minimum Gasteiger partial charge on any atom is -0.388 e. The van der Waals surface area contributed by atoms with Crippen molar-refractivity contribution in [1.82, 2.24) is 10.6 Å². The van der Waals surface area contributed by atoms with Crippen LogP contribution in [0.4, 0.5) is 0 Å². The molecule has 0 saturated carbocycles. The van der Waals surface area contributed by atoms with E-state index in [0.717, 1.165) is 15.3 Å². The zero-order valence-electron chi connectivity index (χ0n) is 12.9. The molecule has 23 heavy (non-hydrogen) atoms. The standard InChI is InChI=1S/C17H20N2O3S/c1-12(20)15-8-7-14(23-15)9-10-18-16(21)17(22)19-11-13-5-3-2-4-6-13/h2-8,12,20H,9-11H2,1H3,(H,18,21)(H,19,22). The van der Waals surface area contributed by atoms with Crippen LogP contribution >= 0.6 is 11.3 Å². The number of benzene rings is 1. The van der Waals surface area contributed by atoms with Gasteiger partial charge in [0.05, 0.1) is 6.10 Å². The number of nitrogens with one attached hydrogen (secondary N) is 2. The van der Waals surface area contributed by atoms with Crippen LogP contribution in [0.3, 0.4) is 0 Å². The predicted molar refractivity (Wildman–Crippen MR) is 90.0 cm³/mol. The summed E-state index contributed by atoms with van der Waals surface area (Å²) in [6.07, 6.45) is 0.154. The SMILES string of the molecule is CC(O)c1ccc(CCNC(=O)C(=O)NCc2ccccc2)s1. The normalized spacial score (nSPS) is 11.7. The van der Waals surface area contributed by atoms with Crippen molar-refractivity contribution in [2.75, 3.05) is 6.54 Å². The van der Waals surface area contributed by atoms with Gasteiger partial charge in [0.2, 0.25) is 0 Å². The number of carbonyl (C=O) groups excluding carboxylic acids is 2. The van der Waals surface area contributed by atoms with E-state index in [1.54, 1.807) is 6.92 Å². The van der Waals surface area contributed by atoms with Crippen molar-refractivity contribution in [2.45, 2.75) is 26.0 Å². The second kappa shape index (κ2) is 8.45. The Hall–Kier alpha value is -2.18. The molecule has 0 aliphatic rings. The first-order chi connectivity index (χ1) is 11.1. The molecule has 0 fully saturated rings. The number of hydrogen-bond acceptors (Lipinski definition) is 4. The monoisotopic (exact) mass is 332 g/mol. The summed E-state index contributed by atoms with van der Waals surface area (Å²) >= 11 is 1.51. The number of thiophene rings is 1. The van der Waals surface area contributed by atoms with Gasteiger partial charge >= 0.3 is 11.8 Å². The van der Waals surface area contributed by atoms with Crippen molar-refractivity contribution in [3.63, 3.8) is 0 Å². The van der Waals surface area contributed by atoms with E-state index in [0.29, 0.717) is 19.5 Å². The quantitative estimate of drug-likeness (QED) is 0.706. The second-order valence-corrected chi connectivity index (χ2v) is 6.35. The average molecular weight is 332 g/mol. The van der Waals surface area contributed by atoms with Crippen LogP contribution in [-0.2, 0) is 22.6 Å². The lowest BCUT2D eigenvalue weighted by Gasteiger charge is -2.06. The van der Waals surface area contributed by atoms with Crippen LogP contribution < -0.4 is 10.6 Å². The molecule has 122 valence electrons. The lowest BCUT2D eigenvalue weighted by atomic mass is 10.2. The maximum absolute atomic E-state index is 11.7. The third kappa shape index (κ3) is 5.50. The van der Waals surface area contributed by atoms with E-state index < -0.39 is 17.9 Å². The maximum atomic E-state index is 11.7. The third-order valence-corrected chi connectivity index (χ3v) is 4.57. The zero-order valence-corrected chi connectivity index (χ0v) is 13.7. The highest BCUT2D eigenvalue weighted by molar-refractivity contribution is 7.12. The molecule has 1 unspecified atom stereocenters. The van der Waals surface area contributed by atoms with Gasteiger partial charge in [-0.15, -0.1) is 11.3 Å². The summed E-state index contributed by atoms with van der Waals surface area (Å²) in [5.41, 5.74) is 0.942. The number of carbonyl (C=O) groups is 2. The Kier molecular flexibility index (Phi) is 6.31. The summed E-state index contributed by atoms with van der Waals surface area (Å²) in [6, 6.07) is 13.2. The van der Waals surface area contributed by atoms with Crippen LogP contribution in [0.25, 0.3) is 0 Å². The van der Waals surface area contributed by atoms with E-state index in [-0.39, 0.29) is 0 Å². The summed E-state index contributed by atoms with van der Waals surface area (Å²) in [5, 5.41) is 14.6. The molecule has 0 radical (unpaired) electrons. The van der Waals surface area contributed by atoms with E-state index in [2.05, 4.69) is 10.6 Å². The number of hydrogen-bond donors (Lipinski definition) is 3. The van der Waals surface area contributed by atoms with E-state index in [4.69, 9.17) is 0 Å². The van der Waals surface area contributed by atoms with Crippen LogP contribution in [0.15, 0.2) is 42.5 Å². The van der Waals surface area contributed by atoms with Crippen molar-refractivity contribution >= 4 is 23.2 Å². The third-order valence-electron chi connectivity index (χ3n) is 3.25. The zero-order chi connectivity index (χ0) is 16.7. The first-order valence-electron chi connectivity index (χ1n) is 7.43. The molecule has 0 spiro atoms. The molecule has 1 aromatic carbocycles. The summed E-state index contributed by atoms with van der Waals surface area (Å²) in [7, 11) is 0. The predicted octanol–water partition coefficient (Wildman–Crippen LogP) is 1.78. The first-order valence-corrected chi connectivity index (χ1v) is 8.24.